The van der Waals surface area contributed by atoms with Gasteiger partial charge in [0.05, 0.1) is 5.52 Å². The lowest BCUT2D eigenvalue weighted by molar-refractivity contribution is 0.949. The molecule has 16 heavy (non-hydrogen) atoms. The van der Waals surface area contributed by atoms with Crippen molar-refractivity contribution in [2.45, 2.75) is 19.8 Å². The molecule has 2 heteroatoms. The number of nitrogens with zero attached hydrogens (tertiary/aromatic N) is 2. The van der Waals surface area contributed by atoms with Crippen LogP contribution in [0.4, 0.5) is 5.69 Å². The molecule has 2 aromatic rings. The minimum Gasteiger partial charge on any atom is -0.371 e. The molecule has 3 rings (SSSR count). The molecular formula is C14H16N2. The Hall–Kier alpha value is -1.57. The van der Waals surface area contributed by atoms with Crippen LogP contribution in [0.1, 0.15) is 18.4 Å². The molecule has 0 amide bonds. The molecule has 0 unspecified atom stereocenters. The third-order valence-corrected chi connectivity index (χ3v) is 3.42. The molecule has 0 spiro atoms. The van der Waals surface area contributed by atoms with Gasteiger partial charge < -0.3 is 4.90 Å². The first-order valence-corrected chi connectivity index (χ1v) is 5.95. The first-order valence-electron chi connectivity index (χ1n) is 5.95. The van der Waals surface area contributed by atoms with E-state index in [0.29, 0.717) is 0 Å². The molecule has 0 N–H and O–H groups in total. The van der Waals surface area contributed by atoms with Gasteiger partial charge >= 0.3 is 0 Å². The van der Waals surface area contributed by atoms with Gasteiger partial charge in [0.25, 0.3) is 0 Å². The maximum Gasteiger partial charge on any atom is 0.0725 e. The summed E-state index contributed by atoms with van der Waals surface area (Å²) in [7, 11) is 0. The number of fused-ring (bicyclic) bond motifs is 1. The summed E-state index contributed by atoms with van der Waals surface area (Å²) in [6.45, 7) is 4.52. The number of hydrogen-bond donors (Lipinski definition) is 0. The summed E-state index contributed by atoms with van der Waals surface area (Å²) in [4.78, 5) is 6.90. The standard InChI is InChI=1S/C14H16N2/c1-11-6-7-15-14-10-12(4-5-13(11)14)16-8-2-3-9-16/h4-7,10H,2-3,8-9H2,1H3. The fraction of sp³-hybridized carbons (Fsp3) is 0.357. The van der Waals surface area contributed by atoms with Gasteiger partial charge in [-0.1, -0.05) is 6.07 Å². The number of rotatable bonds is 1. The molecule has 1 fully saturated rings. The summed E-state index contributed by atoms with van der Waals surface area (Å²) in [6, 6.07) is 8.71. The van der Waals surface area contributed by atoms with E-state index in [9.17, 15) is 0 Å². The van der Waals surface area contributed by atoms with E-state index in [0.717, 1.165) is 5.52 Å². The summed E-state index contributed by atoms with van der Waals surface area (Å²) in [5.74, 6) is 0. The van der Waals surface area contributed by atoms with Crippen LogP contribution in [0.5, 0.6) is 0 Å². The number of pyridine rings is 1. The summed E-state index contributed by atoms with van der Waals surface area (Å²) in [5.41, 5.74) is 3.74. The second-order valence-corrected chi connectivity index (χ2v) is 4.52. The van der Waals surface area contributed by atoms with Gasteiger partial charge in [0, 0.05) is 30.4 Å². The maximum atomic E-state index is 4.45. The van der Waals surface area contributed by atoms with E-state index < -0.39 is 0 Å². The quantitative estimate of drug-likeness (QED) is 0.722. The Morgan fingerprint density at radius 3 is 2.75 bits per heavy atom. The van der Waals surface area contributed by atoms with Gasteiger partial charge in [0.15, 0.2) is 0 Å². The van der Waals surface area contributed by atoms with Gasteiger partial charge in [0.1, 0.15) is 0 Å². The molecule has 1 aromatic carbocycles. The summed E-state index contributed by atoms with van der Waals surface area (Å²) in [6.07, 6.45) is 4.53. The molecular weight excluding hydrogens is 196 g/mol. The third-order valence-electron chi connectivity index (χ3n) is 3.42. The van der Waals surface area contributed by atoms with E-state index in [1.807, 2.05) is 6.20 Å². The predicted octanol–water partition coefficient (Wildman–Crippen LogP) is 3.14. The highest BCUT2D eigenvalue weighted by Gasteiger charge is 2.12. The van der Waals surface area contributed by atoms with Crippen molar-refractivity contribution in [2.75, 3.05) is 18.0 Å². The molecule has 2 nitrogen and oxygen atoms in total. The number of aromatic nitrogens is 1. The van der Waals surface area contributed by atoms with Crippen LogP contribution in [0.3, 0.4) is 0 Å². The summed E-state index contributed by atoms with van der Waals surface area (Å²) < 4.78 is 0. The van der Waals surface area contributed by atoms with Gasteiger partial charge in [-0.05, 0) is 43.5 Å². The lowest BCUT2D eigenvalue weighted by atomic mass is 10.1. The van der Waals surface area contributed by atoms with Crippen LogP contribution < -0.4 is 4.90 Å². The molecule has 1 saturated heterocycles. The van der Waals surface area contributed by atoms with Crippen molar-refractivity contribution in [3.8, 4) is 0 Å². The van der Waals surface area contributed by atoms with E-state index in [1.54, 1.807) is 0 Å². The van der Waals surface area contributed by atoms with Gasteiger partial charge in [0.2, 0.25) is 0 Å². The Morgan fingerprint density at radius 2 is 1.94 bits per heavy atom. The predicted molar refractivity (Wildman–Crippen MR) is 67.9 cm³/mol. The van der Waals surface area contributed by atoms with E-state index >= 15 is 0 Å². The first kappa shape index (κ1) is 9.64. The molecule has 2 heterocycles. The van der Waals surface area contributed by atoms with Crippen LogP contribution in [0.15, 0.2) is 30.5 Å². The molecule has 82 valence electrons. The molecule has 0 bridgehead atoms. The Bertz CT molecular complexity index is 513. The van der Waals surface area contributed by atoms with Crippen LogP contribution in [-0.2, 0) is 0 Å². The lowest BCUT2D eigenvalue weighted by Crippen LogP contribution is -2.17. The highest BCUT2D eigenvalue weighted by Crippen LogP contribution is 2.25. The Labute approximate surface area is 95.9 Å². The minimum atomic E-state index is 1.12. The molecule has 0 saturated carbocycles. The van der Waals surface area contributed by atoms with Gasteiger partial charge in [-0.15, -0.1) is 0 Å². The topological polar surface area (TPSA) is 16.1 Å². The average Bonchev–Trinajstić information content (AvgIpc) is 2.82. The molecule has 0 atom stereocenters. The van der Waals surface area contributed by atoms with Crippen molar-refractivity contribution in [2.24, 2.45) is 0 Å². The number of anilines is 1. The smallest absolute Gasteiger partial charge is 0.0725 e. The first-order chi connectivity index (χ1) is 7.84. The van der Waals surface area contributed by atoms with E-state index in [2.05, 4.69) is 41.1 Å². The second kappa shape index (κ2) is 3.78. The lowest BCUT2D eigenvalue weighted by Gasteiger charge is -2.17. The van der Waals surface area contributed by atoms with Crippen molar-refractivity contribution in [1.29, 1.82) is 0 Å². The zero-order chi connectivity index (χ0) is 11.0. The fourth-order valence-electron chi connectivity index (χ4n) is 2.45. The Morgan fingerprint density at radius 1 is 1.12 bits per heavy atom. The molecule has 1 aliphatic heterocycles. The zero-order valence-corrected chi connectivity index (χ0v) is 9.61. The van der Waals surface area contributed by atoms with Crippen molar-refractivity contribution in [3.63, 3.8) is 0 Å². The minimum absolute atomic E-state index is 1.12. The molecule has 0 aliphatic carbocycles. The summed E-state index contributed by atoms with van der Waals surface area (Å²) in [5, 5.41) is 1.27. The zero-order valence-electron chi connectivity index (χ0n) is 9.61. The van der Waals surface area contributed by atoms with E-state index in [1.165, 1.54) is 42.6 Å². The average molecular weight is 212 g/mol. The monoisotopic (exact) mass is 212 g/mol. The van der Waals surface area contributed by atoms with Gasteiger partial charge in [-0.2, -0.15) is 0 Å². The SMILES string of the molecule is Cc1ccnc2cc(N3CCCC3)ccc12. The Balaban J connectivity index is 2.08. The second-order valence-electron chi connectivity index (χ2n) is 4.52. The van der Waals surface area contributed by atoms with E-state index in [4.69, 9.17) is 0 Å². The van der Waals surface area contributed by atoms with Crippen molar-refractivity contribution >= 4 is 16.6 Å². The van der Waals surface area contributed by atoms with Crippen molar-refractivity contribution < 1.29 is 0 Å². The number of hydrogen-bond acceptors (Lipinski definition) is 2. The largest absolute Gasteiger partial charge is 0.371 e. The molecule has 0 radical (unpaired) electrons. The summed E-state index contributed by atoms with van der Waals surface area (Å²) >= 11 is 0. The highest BCUT2D eigenvalue weighted by molar-refractivity contribution is 5.85. The highest BCUT2D eigenvalue weighted by atomic mass is 15.1. The maximum absolute atomic E-state index is 4.45. The fourth-order valence-corrected chi connectivity index (χ4v) is 2.45. The van der Waals surface area contributed by atoms with Crippen LogP contribution in [0.25, 0.3) is 10.9 Å². The third kappa shape index (κ3) is 1.54. The molecule has 1 aromatic heterocycles. The molecule has 1 aliphatic rings. The number of benzene rings is 1. The van der Waals surface area contributed by atoms with Crippen LogP contribution in [0, 0.1) is 6.92 Å². The van der Waals surface area contributed by atoms with Crippen LogP contribution >= 0.6 is 0 Å². The number of aryl methyl sites for hydroxylation is 1. The van der Waals surface area contributed by atoms with E-state index in [-0.39, 0.29) is 0 Å². The van der Waals surface area contributed by atoms with Crippen molar-refractivity contribution in [1.82, 2.24) is 4.98 Å². The van der Waals surface area contributed by atoms with Gasteiger partial charge in [-0.3, -0.25) is 4.98 Å². The van der Waals surface area contributed by atoms with Crippen LogP contribution in [-0.4, -0.2) is 18.1 Å². The van der Waals surface area contributed by atoms with Gasteiger partial charge in [-0.25, -0.2) is 0 Å². The van der Waals surface area contributed by atoms with Crippen molar-refractivity contribution in [3.05, 3.63) is 36.0 Å². The Kier molecular flexibility index (Phi) is 2.28. The van der Waals surface area contributed by atoms with Crippen LogP contribution in [0.2, 0.25) is 0 Å². The normalized spacial score (nSPS) is 15.9.